The Balaban J connectivity index is 1.43. The number of benzene rings is 2. The average molecular weight is 479 g/mol. The van der Waals surface area contributed by atoms with Gasteiger partial charge in [0.1, 0.15) is 18.1 Å². The van der Waals surface area contributed by atoms with Gasteiger partial charge >= 0.3 is 0 Å². The molecule has 2 heterocycles. The summed E-state index contributed by atoms with van der Waals surface area (Å²) in [7, 11) is 0. The van der Waals surface area contributed by atoms with Gasteiger partial charge in [-0.25, -0.2) is 0 Å². The van der Waals surface area contributed by atoms with E-state index in [1.165, 1.54) is 11.1 Å². The highest BCUT2D eigenvalue weighted by Crippen LogP contribution is 2.39. The number of piperidine rings is 1. The Kier molecular flexibility index (Phi) is 7.75. The van der Waals surface area contributed by atoms with Crippen LogP contribution < -0.4 is 10.1 Å². The van der Waals surface area contributed by atoms with Crippen LogP contribution in [0.5, 0.6) is 11.5 Å². The largest absolute Gasteiger partial charge is 0.508 e. The molecule has 0 saturated carbocycles. The van der Waals surface area contributed by atoms with Gasteiger partial charge in [0.05, 0.1) is 11.5 Å². The number of nitrogens with one attached hydrogen (secondary N) is 1. The van der Waals surface area contributed by atoms with Gasteiger partial charge in [-0.2, -0.15) is 0 Å². The second-order valence-corrected chi connectivity index (χ2v) is 11.7. The van der Waals surface area contributed by atoms with Crippen LogP contribution in [0.15, 0.2) is 42.5 Å². The number of aryl methyl sites for hydroxylation is 1. The molecular weight excluding hydrogens is 436 g/mol. The van der Waals surface area contributed by atoms with Crippen LogP contribution >= 0.6 is 0 Å². The summed E-state index contributed by atoms with van der Waals surface area (Å²) in [4.78, 5) is 15.9. The molecule has 4 rings (SSSR count). The van der Waals surface area contributed by atoms with Crippen molar-refractivity contribution in [3.05, 3.63) is 59.2 Å². The SMILES string of the molecule is C[C@@H]1COc2ccccc2CCCCC2(CCN(Cc3cc(C(C)(C)C)ccc3O)CC2)C(=O)N1. The van der Waals surface area contributed by atoms with Crippen molar-refractivity contribution in [3.63, 3.8) is 0 Å². The van der Waals surface area contributed by atoms with Gasteiger partial charge in [-0.15, -0.1) is 0 Å². The van der Waals surface area contributed by atoms with E-state index in [0.29, 0.717) is 18.9 Å². The number of fused-ring (bicyclic) bond motifs is 1. The van der Waals surface area contributed by atoms with Crippen LogP contribution in [0.2, 0.25) is 0 Å². The van der Waals surface area contributed by atoms with E-state index in [-0.39, 0.29) is 22.8 Å². The fourth-order valence-electron chi connectivity index (χ4n) is 5.41. The lowest BCUT2D eigenvalue weighted by atomic mass is 9.73. The smallest absolute Gasteiger partial charge is 0.226 e. The van der Waals surface area contributed by atoms with Crippen LogP contribution in [-0.2, 0) is 23.2 Å². The second-order valence-electron chi connectivity index (χ2n) is 11.7. The van der Waals surface area contributed by atoms with Gasteiger partial charge in [-0.05, 0) is 80.8 Å². The van der Waals surface area contributed by atoms with Gasteiger partial charge in [0, 0.05) is 12.1 Å². The average Bonchev–Trinajstić information content (AvgIpc) is 2.82. The lowest BCUT2D eigenvalue weighted by molar-refractivity contribution is -0.135. The number of nitrogens with zero attached hydrogens (tertiary/aromatic N) is 1. The van der Waals surface area contributed by atoms with E-state index in [4.69, 9.17) is 4.74 Å². The number of phenols is 1. The molecule has 2 aliphatic rings. The third kappa shape index (κ3) is 6.19. The van der Waals surface area contributed by atoms with Crippen LogP contribution in [0.25, 0.3) is 0 Å². The molecule has 0 bridgehead atoms. The van der Waals surface area contributed by atoms with Crippen molar-refractivity contribution in [1.29, 1.82) is 0 Å². The lowest BCUT2D eigenvalue weighted by Gasteiger charge is -2.41. The zero-order valence-corrected chi connectivity index (χ0v) is 21.9. The molecule has 1 atom stereocenters. The molecule has 0 aromatic heterocycles. The fraction of sp³-hybridized carbons (Fsp3) is 0.567. The number of carbonyl (C=O) groups is 1. The summed E-state index contributed by atoms with van der Waals surface area (Å²) < 4.78 is 6.08. The molecule has 1 saturated heterocycles. The molecule has 1 amide bonds. The van der Waals surface area contributed by atoms with Crippen molar-refractivity contribution in [3.8, 4) is 11.5 Å². The second kappa shape index (κ2) is 10.6. The number of para-hydroxylation sites is 1. The standard InChI is InChI=1S/C30H42N2O3/c1-22-21-35-27-11-6-5-9-23(27)10-7-8-14-30(28(34)31-22)15-17-32(18-16-30)20-24-19-25(29(2,3)4)12-13-26(24)33/h5-6,9,11-13,19,22,33H,7-8,10,14-18,20-21H2,1-4H3,(H,31,34)/t22-/m1/s1. The van der Waals surface area contributed by atoms with Crippen LogP contribution in [0.1, 0.15) is 76.5 Å². The summed E-state index contributed by atoms with van der Waals surface area (Å²) in [6.45, 7) is 11.5. The molecule has 190 valence electrons. The Bertz CT molecular complexity index is 1020. The Hall–Kier alpha value is -2.53. The molecule has 0 radical (unpaired) electrons. The van der Waals surface area contributed by atoms with Crippen molar-refractivity contribution in [1.82, 2.24) is 10.2 Å². The summed E-state index contributed by atoms with van der Waals surface area (Å²) >= 11 is 0. The number of amides is 1. The van der Waals surface area contributed by atoms with Crippen LogP contribution in [0.3, 0.4) is 0 Å². The van der Waals surface area contributed by atoms with Crippen LogP contribution in [-0.4, -0.2) is 41.7 Å². The van der Waals surface area contributed by atoms with E-state index in [9.17, 15) is 9.90 Å². The number of carbonyl (C=O) groups excluding carboxylic acids is 1. The maximum absolute atomic E-state index is 13.5. The first kappa shape index (κ1) is 25.6. The Labute approximate surface area is 210 Å². The Morgan fingerprint density at radius 1 is 1.09 bits per heavy atom. The molecule has 2 aromatic carbocycles. The molecule has 35 heavy (non-hydrogen) atoms. The Morgan fingerprint density at radius 3 is 2.57 bits per heavy atom. The number of aromatic hydroxyl groups is 1. The van der Waals surface area contributed by atoms with Crippen molar-refractivity contribution < 1.29 is 14.6 Å². The topological polar surface area (TPSA) is 61.8 Å². The highest BCUT2D eigenvalue weighted by molar-refractivity contribution is 5.83. The van der Waals surface area contributed by atoms with E-state index in [1.54, 1.807) is 0 Å². The zero-order valence-electron chi connectivity index (χ0n) is 21.9. The number of hydrogen-bond acceptors (Lipinski definition) is 4. The third-order valence-corrected chi connectivity index (χ3v) is 7.82. The van der Waals surface area contributed by atoms with Crippen LogP contribution in [0, 0.1) is 5.41 Å². The van der Waals surface area contributed by atoms with Gasteiger partial charge in [-0.1, -0.05) is 57.5 Å². The van der Waals surface area contributed by atoms with Gasteiger partial charge < -0.3 is 15.2 Å². The summed E-state index contributed by atoms with van der Waals surface area (Å²) in [6, 6.07) is 14.2. The van der Waals surface area contributed by atoms with Crippen molar-refractivity contribution >= 4 is 5.91 Å². The predicted molar refractivity (Wildman–Crippen MR) is 141 cm³/mol. The summed E-state index contributed by atoms with van der Waals surface area (Å²) in [5.41, 5.74) is 3.18. The minimum atomic E-state index is -0.321. The molecule has 5 nitrogen and oxygen atoms in total. The van der Waals surface area contributed by atoms with E-state index >= 15 is 0 Å². The normalized spacial score (nSPS) is 21.8. The number of rotatable bonds is 2. The lowest BCUT2D eigenvalue weighted by Crippen LogP contribution is -2.51. The minimum Gasteiger partial charge on any atom is -0.508 e. The van der Waals surface area contributed by atoms with E-state index < -0.39 is 0 Å². The molecule has 0 aliphatic carbocycles. The first-order valence-corrected chi connectivity index (χ1v) is 13.2. The van der Waals surface area contributed by atoms with Crippen molar-refractivity contribution in [2.75, 3.05) is 19.7 Å². The predicted octanol–water partition coefficient (Wildman–Crippen LogP) is 5.58. The summed E-state index contributed by atoms with van der Waals surface area (Å²) in [5.74, 6) is 1.48. The van der Waals surface area contributed by atoms with Gasteiger partial charge in [-0.3, -0.25) is 9.69 Å². The molecule has 1 spiro atoms. The molecule has 0 unspecified atom stereocenters. The molecular formula is C30H42N2O3. The number of phenolic OH excluding ortho intramolecular Hbond substituents is 1. The highest BCUT2D eigenvalue weighted by Gasteiger charge is 2.41. The maximum Gasteiger partial charge on any atom is 0.226 e. The third-order valence-electron chi connectivity index (χ3n) is 7.82. The number of ether oxygens (including phenoxy) is 1. The fourth-order valence-corrected chi connectivity index (χ4v) is 5.41. The quantitative estimate of drug-likeness (QED) is 0.591. The number of hydrogen-bond donors (Lipinski definition) is 2. The number of likely N-dealkylation sites (tertiary alicyclic amines) is 1. The van der Waals surface area contributed by atoms with Gasteiger partial charge in [0.25, 0.3) is 0 Å². The summed E-state index contributed by atoms with van der Waals surface area (Å²) in [6.07, 6.45) is 5.70. The first-order chi connectivity index (χ1) is 16.7. The molecule has 2 aliphatic heterocycles. The zero-order chi connectivity index (χ0) is 25.1. The van der Waals surface area contributed by atoms with E-state index in [0.717, 1.165) is 62.9 Å². The molecule has 2 N–H and O–H groups in total. The highest BCUT2D eigenvalue weighted by atomic mass is 16.5. The van der Waals surface area contributed by atoms with E-state index in [1.807, 2.05) is 31.2 Å². The monoisotopic (exact) mass is 478 g/mol. The molecule has 2 aromatic rings. The molecule has 5 heteroatoms. The molecule has 1 fully saturated rings. The van der Waals surface area contributed by atoms with E-state index in [2.05, 4.69) is 49.2 Å². The van der Waals surface area contributed by atoms with Crippen LogP contribution in [0.4, 0.5) is 0 Å². The van der Waals surface area contributed by atoms with Gasteiger partial charge in [0.2, 0.25) is 5.91 Å². The maximum atomic E-state index is 13.5. The first-order valence-electron chi connectivity index (χ1n) is 13.2. The summed E-state index contributed by atoms with van der Waals surface area (Å²) in [5, 5.41) is 13.8. The van der Waals surface area contributed by atoms with Crippen molar-refractivity contribution in [2.45, 2.75) is 84.2 Å². The minimum absolute atomic E-state index is 0.0398. The Morgan fingerprint density at radius 2 is 1.83 bits per heavy atom. The van der Waals surface area contributed by atoms with Gasteiger partial charge in [0.15, 0.2) is 0 Å². The van der Waals surface area contributed by atoms with Crippen molar-refractivity contribution in [2.24, 2.45) is 5.41 Å².